The molecule has 3 heteroatoms. The molecule has 0 aliphatic rings. The first-order chi connectivity index (χ1) is 7.81. The van der Waals surface area contributed by atoms with Crippen LogP contribution in [-0.4, -0.2) is 25.8 Å². The van der Waals surface area contributed by atoms with Crippen molar-refractivity contribution in [3.8, 4) is 0 Å². The van der Waals surface area contributed by atoms with E-state index in [1.807, 2.05) is 12.2 Å². The second kappa shape index (κ2) is 12.0. The number of esters is 1. The summed E-state index contributed by atoms with van der Waals surface area (Å²) in [6.07, 6.45) is 10.6. The summed E-state index contributed by atoms with van der Waals surface area (Å²) in [5.41, 5.74) is 0. The van der Waals surface area contributed by atoms with E-state index in [4.69, 9.17) is 9.47 Å². The number of hydrogen-bond acceptors (Lipinski definition) is 3. The highest BCUT2D eigenvalue weighted by Gasteiger charge is 1.96. The summed E-state index contributed by atoms with van der Waals surface area (Å²) in [5.74, 6) is -0.173. The highest BCUT2D eigenvalue weighted by Crippen LogP contribution is 1.89. The third-order valence-corrected chi connectivity index (χ3v) is 1.83. The number of carbonyl (C=O) groups excluding carboxylic acids is 1. The second-order valence-electron chi connectivity index (χ2n) is 3.24. The van der Waals surface area contributed by atoms with Crippen molar-refractivity contribution in [2.45, 2.75) is 33.1 Å². The zero-order valence-corrected chi connectivity index (χ0v) is 10.3. The van der Waals surface area contributed by atoms with Crippen LogP contribution < -0.4 is 0 Å². The number of allylic oxidation sites excluding steroid dienone is 3. The number of hydrogen-bond donors (Lipinski definition) is 0. The van der Waals surface area contributed by atoms with Gasteiger partial charge in [0, 0.05) is 6.42 Å². The van der Waals surface area contributed by atoms with Gasteiger partial charge in [-0.15, -0.1) is 0 Å². The van der Waals surface area contributed by atoms with Gasteiger partial charge in [0.15, 0.2) is 0 Å². The Bertz CT molecular complexity index is 219. The monoisotopic (exact) mass is 226 g/mol. The van der Waals surface area contributed by atoms with Crippen molar-refractivity contribution in [2.24, 2.45) is 0 Å². The molecule has 0 amide bonds. The maximum absolute atomic E-state index is 10.8. The van der Waals surface area contributed by atoms with Gasteiger partial charge in [0.2, 0.25) is 0 Å². The first kappa shape index (κ1) is 14.9. The third kappa shape index (κ3) is 11.0. The Morgan fingerprint density at radius 3 is 2.50 bits per heavy atom. The lowest BCUT2D eigenvalue weighted by Gasteiger charge is -2.03. The van der Waals surface area contributed by atoms with E-state index >= 15 is 0 Å². The van der Waals surface area contributed by atoms with Crippen molar-refractivity contribution in [3.63, 3.8) is 0 Å². The quantitative estimate of drug-likeness (QED) is 0.344. The fraction of sp³-hybridized carbons (Fsp3) is 0.615. The molecule has 16 heavy (non-hydrogen) atoms. The van der Waals surface area contributed by atoms with Crippen LogP contribution in [0.5, 0.6) is 0 Å². The molecule has 0 atom stereocenters. The number of carbonyl (C=O) groups is 1. The van der Waals surface area contributed by atoms with E-state index in [-0.39, 0.29) is 5.97 Å². The zero-order chi connectivity index (χ0) is 12.1. The molecule has 0 aliphatic carbocycles. The highest BCUT2D eigenvalue weighted by atomic mass is 16.6. The molecule has 0 saturated heterocycles. The number of ether oxygens (including phenoxy) is 2. The number of rotatable bonds is 9. The molecule has 0 aromatic heterocycles. The lowest BCUT2D eigenvalue weighted by atomic mass is 10.3. The summed E-state index contributed by atoms with van der Waals surface area (Å²) in [7, 11) is 0. The average Bonchev–Trinajstić information content (AvgIpc) is 2.31. The predicted octanol–water partition coefficient (Wildman–Crippen LogP) is 2.87. The smallest absolute Gasteiger partial charge is 0.305 e. The van der Waals surface area contributed by atoms with E-state index in [9.17, 15) is 4.79 Å². The molecule has 0 aliphatic heterocycles. The molecule has 0 bridgehead atoms. The first-order valence-electron chi connectivity index (χ1n) is 5.86. The van der Waals surface area contributed by atoms with Gasteiger partial charge in [-0.25, -0.2) is 0 Å². The fourth-order valence-electron chi connectivity index (χ4n) is 0.959. The van der Waals surface area contributed by atoms with Crippen LogP contribution >= 0.6 is 0 Å². The van der Waals surface area contributed by atoms with Crippen LogP contribution in [0.15, 0.2) is 24.3 Å². The average molecular weight is 226 g/mol. The van der Waals surface area contributed by atoms with Crippen molar-refractivity contribution >= 4 is 5.97 Å². The topological polar surface area (TPSA) is 35.5 Å². The fourth-order valence-corrected chi connectivity index (χ4v) is 0.959. The molecule has 0 heterocycles. The van der Waals surface area contributed by atoms with Gasteiger partial charge in [-0.05, 0) is 12.8 Å². The van der Waals surface area contributed by atoms with Crippen LogP contribution in [0.1, 0.15) is 33.1 Å². The molecule has 0 spiro atoms. The maximum Gasteiger partial charge on any atom is 0.305 e. The summed E-state index contributed by atoms with van der Waals surface area (Å²) in [6.45, 7) is 5.37. The van der Waals surface area contributed by atoms with E-state index in [1.54, 1.807) is 6.92 Å². The SMILES string of the molecule is CCC=CC=CCCOCCOC(=O)CC. The van der Waals surface area contributed by atoms with Crippen LogP contribution in [0, 0.1) is 0 Å². The van der Waals surface area contributed by atoms with Gasteiger partial charge < -0.3 is 9.47 Å². The summed E-state index contributed by atoms with van der Waals surface area (Å²) in [6, 6.07) is 0. The summed E-state index contributed by atoms with van der Waals surface area (Å²) in [4.78, 5) is 10.8. The van der Waals surface area contributed by atoms with Crippen molar-refractivity contribution in [2.75, 3.05) is 19.8 Å². The Morgan fingerprint density at radius 2 is 1.81 bits per heavy atom. The lowest BCUT2D eigenvalue weighted by Crippen LogP contribution is -2.09. The van der Waals surface area contributed by atoms with Gasteiger partial charge in [-0.2, -0.15) is 0 Å². The maximum atomic E-state index is 10.8. The van der Waals surface area contributed by atoms with Crippen molar-refractivity contribution in [3.05, 3.63) is 24.3 Å². The molecule has 0 rings (SSSR count). The van der Waals surface area contributed by atoms with Gasteiger partial charge in [-0.3, -0.25) is 4.79 Å². The summed E-state index contributed by atoms with van der Waals surface area (Å²) in [5, 5.41) is 0. The van der Waals surface area contributed by atoms with Crippen LogP contribution in [-0.2, 0) is 14.3 Å². The van der Waals surface area contributed by atoms with Gasteiger partial charge in [0.05, 0.1) is 13.2 Å². The first-order valence-corrected chi connectivity index (χ1v) is 5.86. The van der Waals surface area contributed by atoms with Crippen molar-refractivity contribution in [1.29, 1.82) is 0 Å². The van der Waals surface area contributed by atoms with Crippen LogP contribution in [0.4, 0.5) is 0 Å². The highest BCUT2D eigenvalue weighted by molar-refractivity contribution is 5.68. The van der Waals surface area contributed by atoms with Crippen LogP contribution in [0.3, 0.4) is 0 Å². The minimum Gasteiger partial charge on any atom is -0.463 e. The Hall–Kier alpha value is -1.09. The van der Waals surface area contributed by atoms with E-state index < -0.39 is 0 Å². The largest absolute Gasteiger partial charge is 0.463 e. The molecule has 0 N–H and O–H groups in total. The zero-order valence-electron chi connectivity index (χ0n) is 10.3. The van der Waals surface area contributed by atoms with E-state index in [0.29, 0.717) is 26.2 Å². The Labute approximate surface area is 98.1 Å². The van der Waals surface area contributed by atoms with Crippen molar-refractivity contribution < 1.29 is 14.3 Å². The van der Waals surface area contributed by atoms with E-state index in [2.05, 4.69) is 19.1 Å². The molecular weight excluding hydrogens is 204 g/mol. The van der Waals surface area contributed by atoms with Crippen LogP contribution in [0.25, 0.3) is 0 Å². The van der Waals surface area contributed by atoms with Gasteiger partial charge >= 0.3 is 5.97 Å². The van der Waals surface area contributed by atoms with E-state index in [0.717, 1.165) is 12.8 Å². The molecule has 0 radical (unpaired) electrons. The molecule has 0 aromatic carbocycles. The Balaban J connectivity index is 3.18. The Kier molecular flexibility index (Phi) is 11.2. The molecular formula is C13H22O3. The third-order valence-electron chi connectivity index (χ3n) is 1.83. The normalized spacial score (nSPS) is 11.4. The minimum absolute atomic E-state index is 0.173. The van der Waals surface area contributed by atoms with Gasteiger partial charge in [0.25, 0.3) is 0 Å². The molecule has 0 fully saturated rings. The molecule has 0 unspecified atom stereocenters. The van der Waals surface area contributed by atoms with Gasteiger partial charge in [-0.1, -0.05) is 38.2 Å². The second-order valence-corrected chi connectivity index (χ2v) is 3.24. The van der Waals surface area contributed by atoms with Gasteiger partial charge in [0.1, 0.15) is 6.61 Å². The Morgan fingerprint density at radius 1 is 1.06 bits per heavy atom. The molecule has 92 valence electrons. The van der Waals surface area contributed by atoms with Crippen molar-refractivity contribution in [1.82, 2.24) is 0 Å². The molecule has 0 saturated carbocycles. The van der Waals surface area contributed by atoms with E-state index in [1.165, 1.54) is 0 Å². The van der Waals surface area contributed by atoms with Crippen LogP contribution in [0.2, 0.25) is 0 Å². The summed E-state index contributed by atoms with van der Waals surface area (Å²) < 4.78 is 10.1. The molecule has 0 aromatic rings. The lowest BCUT2D eigenvalue weighted by molar-refractivity contribution is -0.144. The molecule has 3 nitrogen and oxygen atoms in total. The standard InChI is InChI=1S/C13H22O3/c1-3-5-6-7-8-9-10-15-11-12-16-13(14)4-2/h5-8H,3-4,9-12H2,1-2H3. The summed E-state index contributed by atoms with van der Waals surface area (Å²) >= 11 is 0. The minimum atomic E-state index is -0.173. The predicted molar refractivity (Wildman–Crippen MR) is 65.3 cm³/mol.